The Bertz CT molecular complexity index is 367. The lowest BCUT2D eigenvalue weighted by molar-refractivity contribution is 0.328. The Morgan fingerprint density at radius 1 is 1.28 bits per heavy atom. The molecule has 18 heavy (non-hydrogen) atoms. The Morgan fingerprint density at radius 2 is 2.11 bits per heavy atom. The first-order valence-electron chi connectivity index (χ1n) is 7.24. The third-order valence-corrected chi connectivity index (χ3v) is 5.29. The lowest BCUT2D eigenvalue weighted by Crippen LogP contribution is -2.43. The third-order valence-electron chi connectivity index (χ3n) is 4.08. The molecule has 4 heteroatoms. The molecule has 0 radical (unpaired) electrons. The van der Waals surface area contributed by atoms with Gasteiger partial charge in [0, 0.05) is 11.9 Å². The van der Waals surface area contributed by atoms with Crippen molar-refractivity contribution in [1.82, 2.24) is 15.1 Å². The zero-order chi connectivity index (χ0) is 12.2. The van der Waals surface area contributed by atoms with Crippen LogP contribution in [-0.2, 0) is 5.75 Å². The van der Waals surface area contributed by atoms with E-state index in [9.17, 15) is 0 Å². The van der Waals surface area contributed by atoms with Crippen molar-refractivity contribution in [3.8, 4) is 0 Å². The van der Waals surface area contributed by atoms with Crippen LogP contribution in [0.4, 0.5) is 0 Å². The van der Waals surface area contributed by atoms with Crippen LogP contribution in [0.15, 0.2) is 12.3 Å². The summed E-state index contributed by atoms with van der Waals surface area (Å²) < 4.78 is 2.22. The molecule has 3 rings (SSSR count). The van der Waals surface area contributed by atoms with Crippen LogP contribution in [-0.4, -0.2) is 28.6 Å². The predicted molar refractivity (Wildman–Crippen MR) is 76.9 cm³/mol. The van der Waals surface area contributed by atoms with Gasteiger partial charge in [0.05, 0.1) is 11.7 Å². The van der Waals surface area contributed by atoms with E-state index in [0.717, 1.165) is 11.7 Å². The van der Waals surface area contributed by atoms with E-state index >= 15 is 0 Å². The molecule has 0 amide bonds. The van der Waals surface area contributed by atoms with Gasteiger partial charge in [-0.05, 0) is 43.7 Å². The summed E-state index contributed by atoms with van der Waals surface area (Å²) >= 11 is 2.03. The molecule has 0 bridgehead atoms. The van der Waals surface area contributed by atoms with E-state index in [1.165, 1.54) is 56.6 Å². The molecular formula is C14H23N3S. The number of aromatic nitrogens is 2. The fourth-order valence-corrected chi connectivity index (χ4v) is 3.85. The number of thioether (sulfide) groups is 1. The molecule has 2 fully saturated rings. The number of nitrogens with one attached hydrogen (secondary N) is 1. The second-order valence-corrected chi connectivity index (χ2v) is 6.65. The van der Waals surface area contributed by atoms with Gasteiger partial charge in [-0.1, -0.05) is 19.3 Å². The van der Waals surface area contributed by atoms with Gasteiger partial charge in [-0.25, -0.2) is 0 Å². The lowest BCUT2D eigenvalue weighted by Gasteiger charge is -2.26. The Morgan fingerprint density at radius 3 is 2.83 bits per heavy atom. The molecule has 0 atom stereocenters. The average Bonchev–Trinajstić information content (AvgIpc) is 2.82. The first-order chi connectivity index (χ1) is 8.92. The number of hydrogen-bond donors (Lipinski definition) is 1. The van der Waals surface area contributed by atoms with Gasteiger partial charge >= 0.3 is 0 Å². The Balaban J connectivity index is 1.46. The largest absolute Gasteiger partial charge is 0.316 e. The minimum atomic E-state index is 0.674. The van der Waals surface area contributed by atoms with E-state index in [1.54, 1.807) is 0 Å². The normalized spacial score (nSPS) is 22.0. The van der Waals surface area contributed by atoms with Crippen LogP contribution in [0, 0.1) is 5.92 Å². The summed E-state index contributed by atoms with van der Waals surface area (Å²) in [5.41, 5.74) is 1.26. The van der Waals surface area contributed by atoms with Crippen molar-refractivity contribution in [3.05, 3.63) is 18.0 Å². The number of nitrogens with zero attached hydrogens (tertiary/aromatic N) is 2. The second-order valence-electron chi connectivity index (χ2n) is 5.62. The quantitative estimate of drug-likeness (QED) is 0.888. The highest BCUT2D eigenvalue weighted by atomic mass is 32.2. The molecule has 100 valence electrons. The molecule has 1 saturated heterocycles. The predicted octanol–water partition coefficient (Wildman–Crippen LogP) is 2.84. The van der Waals surface area contributed by atoms with Crippen LogP contribution < -0.4 is 5.32 Å². The van der Waals surface area contributed by atoms with Gasteiger partial charge in [0.15, 0.2) is 0 Å². The number of hydrogen-bond acceptors (Lipinski definition) is 3. The van der Waals surface area contributed by atoms with E-state index in [-0.39, 0.29) is 0 Å². The average molecular weight is 265 g/mol. The van der Waals surface area contributed by atoms with Crippen LogP contribution in [0.5, 0.6) is 0 Å². The van der Waals surface area contributed by atoms with Gasteiger partial charge in [-0.3, -0.25) is 4.68 Å². The smallest absolute Gasteiger partial charge is 0.0723 e. The molecule has 2 heterocycles. The van der Waals surface area contributed by atoms with Crippen LogP contribution in [0.25, 0.3) is 0 Å². The molecule has 1 aliphatic carbocycles. The fourth-order valence-electron chi connectivity index (χ4n) is 2.80. The second kappa shape index (κ2) is 6.11. The van der Waals surface area contributed by atoms with Crippen molar-refractivity contribution in [2.45, 2.75) is 43.9 Å². The highest BCUT2D eigenvalue weighted by Crippen LogP contribution is 2.27. The van der Waals surface area contributed by atoms with Crippen molar-refractivity contribution in [2.75, 3.05) is 18.8 Å². The summed E-state index contributed by atoms with van der Waals surface area (Å²) in [5.74, 6) is 3.26. The van der Waals surface area contributed by atoms with Gasteiger partial charge in [0.2, 0.25) is 0 Å². The van der Waals surface area contributed by atoms with Crippen LogP contribution in [0.1, 0.15) is 43.8 Å². The maximum absolute atomic E-state index is 4.75. The molecule has 1 N–H and O–H groups in total. The van der Waals surface area contributed by atoms with Crippen molar-refractivity contribution in [1.29, 1.82) is 0 Å². The maximum atomic E-state index is 4.75. The molecule has 0 unspecified atom stereocenters. The van der Waals surface area contributed by atoms with Crippen LogP contribution in [0.3, 0.4) is 0 Å². The molecule has 1 aromatic heterocycles. The zero-order valence-electron chi connectivity index (χ0n) is 11.0. The van der Waals surface area contributed by atoms with Gasteiger partial charge < -0.3 is 5.32 Å². The van der Waals surface area contributed by atoms with E-state index < -0.39 is 0 Å². The maximum Gasteiger partial charge on any atom is 0.0723 e. The lowest BCUT2D eigenvalue weighted by atomic mass is 9.96. The summed E-state index contributed by atoms with van der Waals surface area (Å²) in [6.07, 6.45) is 9.00. The number of rotatable bonds is 5. The van der Waals surface area contributed by atoms with Gasteiger partial charge in [0.1, 0.15) is 0 Å². The molecule has 2 aliphatic rings. The molecule has 0 spiro atoms. The Kier molecular flexibility index (Phi) is 4.26. The fraction of sp³-hybridized carbons (Fsp3) is 0.786. The molecule has 1 aromatic rings. The first kappa shape index (κ1) is 12.5. The van der Waals surface area contributed by atoms with Crippen LogP contribution in [0.2, 0.25) is 0 Å². The summed E-state index contributed by atoms with van der Waals surface area (Å²) in [7, 11) is 0. The van der Waals surface area contributed by atoms with E-state index in [0.29, 0.717) is 6.04 Å². The third kappa shape index (κ3) is 3.09. The monoisotopic (exact) mass is 265 g/mol. The minimum Gasteiger partial charge on any atom is -0.316 e. The summed E-state index contributed by atoms with van der Waals surface area (Å²) in [5, 5.41) is 8.08. The highest BCUT2D eigenvalue weighted by Gasteiger charge is 2.17. The van der Waals surface area contributed by atoms with Crippen molar-refractivity contribution < 1.29 is 0 Å². The van der Waals surface area contributed by atoms with E-state index in [1.807, 2.05) is 11.8 Å². The Hall–Kier alpha value is -0.480. The van der Waals surface area contributed by atoms with Gasteiger partial charge in [-0.15, -0.1) is 0 Å². The molecule has 1 saturated carbocycles. The minimum absolute atomic E-state index is 0.674. The topological polar surface area (TPSA) is 29.9 Å². The molecule has 0 aromatic carbocycles. The summed E-state index contributed by atoms with van der Waals surface area (Å²) in [4.78, 5) is 0. The zero-order valence-corrected chi connectivity index (χ0v) is 11.8. The van der Waals surface area contributed by atoms with Crippen molar-refractivity contribution in [3.63, 3.8) is 0 Å². The standard InChI is InChI=1S/C14H23N3S/c1-2-4-14(5-3-1)17-7-6-13(16-17)11-18-10-12-8-15-9-12/h6-7,12,14-15H,1-5,8-11H2. The molecular weight excluding hydrogens is 242 g/mol. The van der Waals surface area contributed by atoms with Crippen LogP contribution >= 0.6 is 11.8 Å². The van der Waals surface area contributed by atoms with E-state index in [2.05, 4.69) is 22.3 Å². The molecule has 3 nitrogen and oxygen atoms in total. The van der Waals surface area contributed by atoms with Crippen molar-refractivity contribution >= 4 is 11.8 Å². The molecule has 1 aliphatic heterocycles. The highest BCUT2D eigenvalue weighted by molar-refractivity contribution is 7.98. The SMILES string of the molecule is c1cn(C2CCCCC2)nc1CSCC1CNC1. The summed E-state index contributed by atoms with van der Waals surface area (Å²) in [6.45, 7) is 2.42. The van der Waals surface area contributed by atoms with E-state index in [4.69, 9.17) is 5.10 Å². The van der Waals surface area contributed by atoms with Gasteiger partial charge in [-0.2, -0.15) is 16.9 Å². The van der Waals surface area contributed by atoms with Gasteiger partial charge in [0.25, 0.3) is 0 Å². The summed E-state index contributed by atoms with van der Waals surface area (Å²) in [6, 6.07) is 2.88. The Labute approximate surface area is 114 Å². The van der Waals surface area contributed by atoms with Crippen molar-refractivity contribution in [2.24, 2.45) is 5.92 Å². The first-order valence-corrected chi connectivity index (χ1v) is 8.40.